The second kappa shape index (κ2) is 11.1. The molecule has 0 bridgehead atoms. The zero-order valence-corrected chi connectivity index (χ0v) is 10.7. The van der Waals surface area contributed by atoms with Crippen molar-refractivity contribution in [3.8, 4) is 0 Å². The summed E-state index contributed by atoms with van der Waals surface area (Å²) in [6.45, 7) is 1.29. The van der Waals surface area contributed by atoms with Crippen LogP contribution in [0.25, 0.3) is 0 Å². The standard InChI is InChI=1S/C8H18N4O2S2/c9-5-7(13)11-1-3-15-16-4-2-12-8(14)6-10/h1-6,9-10H2,(H,11,13)(H,12,14). The van der Waals surface area contributed by atoms with E-state index in [9.17, 15) is 9.59 Å². The van der Waals surface area contributed by atoms with Gasteiger partial charge in [-0.15, -0.1) is 0 Å². The first-order valence-corrected chi connectivity index (χ1v) is 7.37. The lowest BCUT2D eigenvalue weighted by Crippen LogP contribution is -2.32. The van der Waals surface area contributed by atoms with Crippen molar-refractivity contribution < 1.29 is 9.59 Å². The molecule has 0 aliphatic rings. The molecule has 0 aliphatic carbocycles. The van der Waals surface area contributed by atoms with Crippen molar-refractivity contribution in [2.75, 3.05) is 37.7 Å². The average Bonchev–Trinajstić information content (AvgIpc) is 2.31. The Morgan fingerprint density at radius 2 is 1.25 bits per heavy atom. The van der Waals surface area contributed by atoms with E-state index in [1.807, 2.05) is 0 Å². The van der Waals surface area contributed by atoms with E-state index in [2.05, 4.69) is 10.6 Å². The van der Waals surface area contributed by atoms with Crippen LogP contribution in [0.5, 0.6) is 0 Å². The van der Waals surface area contributed by atoms with Gasteiger partial charge in [0.25, 0.3) is 0 Å². The summed E-state index contributed by atoms with van der Waals surface area (Å²) in [7, 11) is 3.29. The topological polar surface area (TPSA) is 110 Å². The maximum absolute atomic E-state index is 10.7. The van der Waals surface area contributed by atoms with Crippen LogP contribution < -0.4 is 22.1 Å². The van der Waals surface area contributed by atoms with Gasteiger partial charge < -0.3 is 22.1 Å². The minimum Gasteiger partial charge on any atom is -0.354 e. The number of hydrogen-bond acceptors (Lipinski definition) is 6. The van der Waals surface area contributed by atoms with Crippen LogP contribution in [0.2, 0.25) is 0 Å². The second-order valence-electron chi connectivity index (χ2n) is 2.75. The molecule has 6 nitrogen and oxygen atoms in total. The molecular weight excluding hydrogens is 248 g/mol. The van der Waals surface area contributed by atoms with Crippen molar-refractivity contribution in [3.05, 3.63) is 0 Å². The van der Waals surface area contributed by atoms with Crippen LogP contribution in [0.1, 0.15) is 0 Å². The van der Waals surface area contributed by atoms with Crippen LogP contribution >= 0.6 is 21.6 Å². The number of nitrogens with one attached hydrogen (secondary N) is 2. The first kappa shape index (κ1) is 15.6. The minimum atomic E-state index is -0.138. The number of nitrogens with two attached hydrogens (primary N) is 2. The molecule has 0 heterocycles. The molecule has 0 spiro atoms. The lowest BCUT2D eigenvalue weighted by atomic mass is 10.6. The monoisotopic (exact) mass is 266 g/mol. The van der Waals surface area contributed by atoms with Gasteiger partial charge in [0.15, 0.2) is 0 Å². The van der Waals surface area contributed by atoms with Crippen molar-refractivity contribution in [2.24, 2.45) is 11.5 Å². The number of rotatable bonds is 9. The van der Waals surface area contributed by atoms with E-state index in [1.54, 1.807) is 21.6 Å². The maximum atomic E-state index is 10.7. The Morgan fingerprint density at radius 1 is 0.875 bits per heavy atom. The highest BCUT2D eigenvalue weighted by Crippen LogP contribution is 2.19. The lowest BCUT2D eigenvalue weighted by molar-refractivity contribution is -0.120. The third-order valence-corrected chi connectivity index (χ3v) is 3.88. The van der Waals surface area contributed by atoms with E-state index in [0.29, 0.717) is 13.1 Å². The molecule has 0 unspecified atom stereocenters. The van der Waals surface area contributed by atoms with Crippen molar-refractivity contribution >= 4 is 33.4 Å². The molecule has 2 amide bonds. The fraction of sp³-hybridized carbons (Fsp3) is 0.750. The molecule has 0 saturated heterocycles. The second-order valence-corrected chi connectivity index (χ2v) is 5.45. The van der Waals surface area contributed by atoms with E-state index in [-0.39, 0.29) is 24.9 Å². The molecule has 0 radical (unpaired) electrons. The Balaban J connectivity index is 3.10. The first-order chi connectivity index (χ1) is 7.70. The fourth-order valence-corrected chi connectivity index (χ4v) is 2.54. The minimum absolute atomic E-state index is 0.0307. The molecular formula is C8H18N4O2S2. The fourth-order valence-electron chi connectivity index (χ4n) is 0.726. The van der Waals surface area contributed by atoms with E-state index in [4.69, 9.17) is 11.5 Å². The Morgan fingerprint density at radius 3 is 1.56 bits per heavy atom. The van der Waals surface area contributed by atoms with Crippen molar-refractivity contribution in [3.63, 3.8) is 0 Å². The van der Waals surface area contributed by atoms with Crippen LogP contribution in [0.15, 0.2) is 0 Å². The summed E-state index contributed by atoms with van der Waals surface area (Å²) in [6, 6.07) is 0. The van der Waals surface area contributed by atoms with Gasteiger partial charge in [-0.25, -0.2) is 0 Å². The van der Waals surface area contributed by atoms with E-state index in [1.165, 1.54) is 0 Å². The molecule has 0 aromatic carbocycles. The van der Waals surface area contributed by atoms with Gasteiger partial charge in [0.05, 0.1) is 13.1 Å². The number of hydrogen-bond donors (Lipinski definition) is 4. The van der Waals surface area contributed by atoms with Gasteiger partial charge in [0.2, 0.25) is 11.8 Å². The molecule has 0 saturated carbocycles. The predicted molar refractivity (Wildman–Crippen MR) is 69.0 cm³/mol. The van der Waals surface area contributed by atoms with Crippen molar-refractivity contribution in [1.29, 1.82) is 0 Å². The molecule has 16 heavy (non-hydrogen) atoms. The highest BCUT2D eigenvalue weighted by molar-refractivity contribution is 8.76. The summed E-state index contributed by atoms with van der Waals surface area (Å²) in [5, 5.41) is 5.33. The lowest BCUT2D eigenvalue weighted by Gasteiger charge is -2.04. The Hall–Kier alpha value is -0.440. The summed E-state index contributed by atoms with van der Waals surface area (Å²) in [5.41, 5.74) is 10.2. The van der Waals surface area contributed by atoms with Gasteiger partial charge in [-0.2, -0.15) is 0 Å². The zero-order chi connectivity index (χ0) is 12.2. The van der Waals surface area contributed by atoms with Crippen LogP contribution in [0.3, 0.4) is 0 Å². The molecule has 0 aliphatic heterocycles. The van der Waals surface area contributed by atoms with Gasteiger partial charge in [-0.3, -0.25) is 9.59 Å². The van der Waals surface area contributed by atoms with Crippen LogP contribution in [0.4, 0.5) is 0 Å². The van der Waals surface area contributed by atoms with Gasteiger partial charge in [-0.05, 0) is 0 Å². The summed E-state index contributed by atoms with van der Waals surface area (Å²) < 4.78 is 0. The largest absolute Gasteiger partial charge is 0.354 e. The Labute approximate surface area is 103 Å². The van der Waals surface area contributed by atoms with Crippen LogP contribution in [0, 0.1) is 0 Å². The molecule has 0 aromatic rings. The molecule has 0 rings (SSSR count). The molecule has 6 N–H and O–H groups in total. The SMILES string of the molecule is NCC(=O)NCCSSCCNC(=O)CN. The van der Waals surface area contributed by atoms with Crippen molar-refractivity contribution in [2.45, 2.75) is 0 Å². The van der Waals surface area contributed by atoms with Crippen molar-refractivity contribution in [1.82, 2.24) is 10.6 Å². The van der Waals surface area contributed by atoms with Crippen LogP contribution in [-0.2, 0) is 9.59 Å². The van der Waals surface area contributed by atoms with Gasteiger partial charge in [0, 0.05) is 24.6 Å². The normalized spacial score (nSPS) is 9.88. The first-order valence-electron chi connectivity index (χ1n) is 4.88. The Kier molecular flexibility index (Phi) is 10.8. The third kappa shape index (κ3) is 10.1. The molecule has 0 aromatic heterocycles. The summed E-state index contributed by atoms with van der Waals surface area (Å²) in [6.07, 6.45) is 0. The van der Waals surface area contributed by atoms with E-state index < -0.39 is 0 Å². The maximum Gasteiger partial charge on any atom is 0.233 e. The number of carbonyl (C=O) groups excluding carboxylic acids is 2. The third-order valence-electron chi connectivity index (χ3n) is 1.47. The zero-order valence-electron chi connectivity index (χ0n) is 9.03. The summed E-state index contributed by atoms with van der Waals surface area (Å²) in [5.74, 6) is 1.37. The van der Waals surface area contributed by atoms with Gasteiger partial charge >= 0.3 is 0 Å². The Bertz CT molecular complexity index is 194. The smallest absolute Gasteiger partial charge is 0.233 e. The average molecular weight is 266 g/mol. The van der Waals surface area contributed by atoms with Gasteiger partial charge in [0.1, 0.15) is 0 Å². The number of carbonyl (C=O) groups is 2. The summed E-state index contributed by atoms with van der Waals surface area (Å²) >= 11 is 0. The highest BCUT2D eigenvalue weighted by atomic mass is 33.1. The summed E-state index contributed by atoms with van der Waals surface area (Å²) in [4.78, 5) is 21.5. The molecule has 0 fully saturated rings. The molecule has 0 atom stereocenters. The van der Waals surface area contributed by atoms with Crippen LogP contribution in [-0.4, -0.2) is 49.5 Å². The molecule has 94 valence electrons. The number of amides is 2. The van der Waals surface area contributed by atoms with Gasteiger partial charge in [-0.1, -0.05) is 21.6 Å². The van der Waals surface area contributed by atoms with E-state index in [0.717, 1.165) is 11.5 Å². The molecule has 8 heteroatoms. The quantitative estimate of drug-likeness (QED) is 0.299. The highest BCUT2D eigenvalue weighted by Gasteiger charge is 1.97. The predicted octanol–water partition coefficient (Wildman–Crippen LogP) is -1.48. The van der Waals surface area contributed by atoms with E-state index >= 15 is 0 Å².